The van der Waals surface area contributed by atoms with E-state index in [-0.39, 0.29) is 11.2 Å². The van der Waals surface area contributed by atoms with Crippen LogP contribution in [0.5, 0.6) is 0 Å². The highest BCUT2D eigenvalue weighted by atomic mass is 19.3. The topological polar surface area (TPSA) is 17.8 Å². The van der Waals surface area contributed by atoms with Crippen LogP contribution in [0.15, 0.2) is 6.07 Å². The third kappa shape index (κ3) is 2.11. The van der Waals surface area contributed by atoms with Crippen molar-refractivity contribution in [1.29, 1.82) is 0 Å². The van der Waals surface area contributed by atoms with E-state index in [9.17, 15) is 8.78 Å². The van der Waals surface area contributed by atoms with Gasteiger partial charge in [-0.15, -0.1) is 0 Å². The van der Waals surface area contributed by atoms with Crippen LogP contribution in [0.2, 0.25) is 0 Å². The molecule has 1 aromatic heterocycles. The van der Waals surface area contributed by atoms with Crippen LogP contribution in [-0.4, -0.2) is 9.78 Å². The van der Waals surface area contributed by atoms with Crippen LogP contribution in [-0.2, 0) is 11.5 Å². The average molecular weight is 228 g/mol. The maximum absolute atomic E-state index is 13.2. The van der Waals surface area contributed by atoms with Crippen molar-refractivity contribution in [2.45, 2.75) is 57.9 Å². The molecule has 90 valence electrons. The van der Waals surface area contributed by atoms with Crippen LogP contribution in [0.1, 0.15) is 57.8 Å². The number of rotatable bonds is 2. The molecule has 2 rings (SSSR count). The van der Waals surface area contributed by atoms with Gasteiger partial charge in [0.1, 0.15) is 5.69 Å². The van der Waals surface area contributed by atoms with Crippen molar-refractivity contribution in [3.63, 3.8) is 0 Å². The monoisotopic (exact) mass is 228 g/mol. The molecule has 0 bridgehead atoms. The molecule has 0 unspecified atom stereocenters. The highest BCUT2D eigenvalue weighted by molar-refractivity contribution is 5.22. The summed E-state index contributed by atoms with van der Waals surface area (Å²) >= 11 is 0. The minimum atomic E-state index is -2.85. The smallest absolute Gasteiger partial charge is 0.264 e. The van der Waals surface area contributed by atoms with E-state index >= 15 is 0 Å². The second-order valence-corrected chi connectivity index (χ2v) is 5.70. The summed E-state index contributed by atoms with van der Waals surface area (Å²) in [5, 5.41) is 4.08. The van der Waals surface area contributed by atoms with Gasteiger partial charge >= 0.3 is 0 Å². The summed E-state index contributed by atoms with van der Waals surface area (Å²) in [6.45, 7) is 6.87. The van der Waals surface area contributed by atoms with Gasteiger partial charge in [-0.2, -0.15) is 13.9 Å². The first-order valence-corrected chi connectivity index (χ1v) is 5.68. The summed E-state index contributed by atoms with van der Waals surface area (Å²) in [5.74, 6) is -2.41. The SMILES string of the molecule is CC(F)(F)c1cc(C2CC2)n(C(C)(C)C)n1. The van der Waals surface area contributed by atoms with Gasteiger partial charge in [0.25, 0.3) is 5.92 Å². The average Bonchev–Trinajstić information content (AvgIpc) is 2.79. The van der Waals surface area contributed by atoms with Gasteiger partial charge in [0.05, 0.1) is 5.54 Å². The number of halogens is 2. The summed E-state index contributed by atoms with van der Waals surface area (Å²) in [6.07, 6.45) is 2.19. The van der Waals surface area contributed by atoms with E-state index in [1.54, 1.807) is 10.7 Å². The minimum absolute atomic E-state index is 0.107. The zero-order valence-electron chi connectivity index (χ0n) is 10.2. The fourth-order valence-corrected chi connectivity index (χ4v) is 1.82. The van der Waals surface area contributed by atoms with Crippen molar-refractivity contribution in [3.05, 3.63) is 17.5 Å². The Morgan fingerprint density at radius 1 is 1.25 bits per heavy atom. The van der Waals surface area contributed by atoms with E-state index in [1.165, 1.54) is 0 Å². The van der Waals surface area contributed by atoms with E-state index in [4.69, 9.17) is 0 Å². The maximum atomic E-state index is 13.2. The largest absolute Gasteiger partial charge is 0.288 e. The van der Waals surface area contributed by atoms with Crippen LogP contribution >= 0.6 is 0 Å². The highest BCUT2D eigenvalue weighted by Gasteiger charge is 2.36. The number of alkyl halides is 2. The van der Waals surface area contributed by atoms with Gasteiger partial charge in [0.15, 0.2) is 0 Å². The molecule has 16 heavy (non-hydrogen) atoms. The molecule has 0 amide bonds. The molecule has 0 N–H and O–H groups in total. The minimum Gasteiger partial charge on any atom is -0.264 e. The van der Waals surface area contributed by atoms with Crippen molar-refractivity contribution in [3.8, 4) is 0 Å². The number of hydrogen-bond donors (Lipinski definition) is 0. The van der Waals surface area contributed by atoms with E-state index in [0.717, 1.165) is 25.5 Å². The Bertz CT molecular complexity index is 392. The van der Waals surface area contributed by atoms with Crippen molar-refractivity contribution in [2.75, 3.05) is 0 Å². The molecule has 4 heteroatoms. The van der Waals surface area contributed by atoms with Gasteiger partial charge < -0.3 is 0 Å². The van der Waals surface area contributed by atoms with Crippen LogP contribution in [0, 0.1) is 0 Å². The zero-order chi connectivity index (χ0) is 12.1. The molecule has 1 aliphatic rings. The Morgan fingerprint density at radius 2 is 1.81 bits per heavy atom. The number of hydrogen-bond acceptors (Lipinski definition) is 1. The number of aromatic nitrogens is 2. The molecule has 1 heterocycles. The zero-order valence-corrected chi connectivity index (χ0v) is 10.2. The predicted octanol–water partition coefficient (Wildman–Crippen LogP) is 3.63. The molecular formula is C12H18F2N2. The lowest BCUT2D eigenvalue weighted by atomic mass is 10.1. The molecule has 0 spiro atoms. The van der Waals surface area contributed by atoms with Crippen molar-refractivity contribution < 1.29 is 8.78 Å². The van der Waals surface area contributed by atoms with Gasteiger partial charge in [-0.25, -0.2) is 0 Å². The molecule has 0 saturated heterocycles. The summed E-state index contributed by atoms with van der Waals surface area (Å²) in [7, 11) is 0. The van der Waals surface area contributed by atoms with Crippen molar-refractivity contribution in [1.82, 2.24) is 9.78 Å². The Hall–Kier alpha value is -0.930. The molecule has 0 aliphatic heterocycles. The summed E-state index contributed by atoms with van der Waals surface area (Å²) in [6, 6.07) is 1.57. The molecule has 1 fully saturated rings. The van der Waals surface area contributed by atoms with Crippen LogP contribution in [0.3, 0.4) is 0 Å². The lowest BCUT2D eigenvalue weighted by Crippen LogP contribution is -2.25. The van der Waals surface area contributed by atoms with Crippen molar-refractivity contribution >= 4 is 0 Å². The second-order valence-electron chi connectivity index (χ2n) is 5.70. The highest BCUT2D eigenvalue weighted by Crippen LogP contribution is 2.43. The van der Waals surface area contributed by atoms with Gasteiger partial charge in [-0.05, 0) is 39.7 Å². The first-order valence-electron chi connectivity index (χ1n) is 5.68. The quantitative estimate of drug-likeness (QED) is 0.755. The second kappa shape index (κ2) is 3.28. The Morgan fingerprint density at radius 3 is 2.19 bits per heavy atom. The van der Waals surface area contributed by atoms with Crippen LogP contribution < -0.4 is 0 Å². The Labute approximate surface area is 94.6 Å². The maximum Gasteiger partial charge on any atom is 0.288 e. The van der Waals surface area contributed by atoms with Crippen LogP contribution in [0.25, 0.3) is 0 Å². The van der Waals surface area contributed by atoms with Gasteiger partial charge in [-0.1, -0.05) is 0 Å². The van der Waals surface area contributed by atoms with E-state index in [1.807, 2.05) is 20.8 Å². The third-order valence-corrected chi connectivity index (χ3v) is 2.82. The molecule has 2 nitrogen and oxygen atoms in total. The fourth-order valence-electron chi connectivity index (χ4n) is 1.82. The first-order chi connectivity index (χ1) is 7.19. The lowest BCUT2D eigenvalue weighted by Gasteiger charge is -2.22. The van der Waals surface area contributed by atoms with Gasteiger partial charge in [0, 0.05) is 18.5 Å². The molecule has 0 atom stereocenters. The summed E-state index contributed by atoms with van der Waals surface area (Å²) in [5.41, 5.74) is 0.620. The first kappa shape index (κ1) is 11.6. The van der Waals surface area contributed by atoms with Gasteiger partial charge in [-0.3, -0.25) is 4.68 Å². The molecule has 1 saturated carbocycles. The number of nitrogens with zero attached hydrogens (tertiary/aromatic N) is 2. The third-order valence-electron chi connectivity index (χ3n) is 2.82. The normalized spacial score (nSPS) is 17.9. The van der Waals surface area contributed by atoms with E-state index in [0.29, 0.717) is 5.92 Å². The van der Waals surface area contributed by atoms with Gasteiger partial charge in [0.2, 0.25) is 0 Å². The molecule has 1 aliphatic carbocycles. The Balaban J connectivity index is 2.46. The van der Waals surface area contributed by atoms with E-state index in [2.05, 4.69) is 5.10 Å². The molecule has 1 aromatic rings. The lowest BCUT2D eigenvalue weighted by molar-refractivity contribution is 0.0116. The summed E-state index contributed by atoms with van der Waals surface area (Å²) in [4.78, 5) is 0. The molecule has 0 aromatic carbocycles. The van der Waals surface area contributed by atoms with E-state index < -0.39 is 5.92 Å². The summed E-state index contributed by atoms with van der Waals surface area (Å²) < 4.78 is 28.2. The fraction of sp³-hybridized carbons (Fsp3) is 0.750. The van der Waals surface area contributed by atoms with Crippen LogP contribution in [0.4, 0.5) is 8.78 Å². The Kier molecular flexibility index (Phi) is 2.37. The molecule has 0 radical (unpaired) electrons. The standard InChI is InChI=1S/C12H18F2N2/c1-11(2,3)16-9(8-5-6-8)7-10(15-16)12(4,13)14/h7-8H,5-6H2,1-4H3. The van der Waals surface area contributed by atoms with Crippen molar-refractivity contribution in [2.24, 2.45) is 0 Å². The predicted molar refractivity (Wildman–Crippen MR) is 58.8 cm³/mol. The molecular weight excluding hydrogens is 210 g/mol.